The number of epoxide rings is 2. The lowest BCUT2D eigenvalue weighted by Gasteiger charge is -2.42. The quantitative estimate of drug-likeness (QED) is 0.683. The Labute approximate surface area is 161 Å². The van der Waals surface area contributed by atoms with Crippen LogP contribution in [0.3, 0.4) is 0 Å². The van der Waals surface area contributed by atoms with Gasteiger partial charge in [-0.15, -0.1) is 0 Å². The van der Waals surface area contributed by atoms with E-state index in [9.17, 15) is 9.90 Å². The lowest BCUT2D eigenvalue weighted by molar-refractivity contribution is -0.118. The molecule has 4 aliphatic rings. The molecule has 2 aliphatic heterocycles. The Morgan fingerprint density at radius 3 is 2.63 bits per heavy atom. The van der Waals surface area contributed by atoms with Crippen molar-refractivity contribution in [2.75, 3.05) is 20.3 Å². The highest BCUT2D eigenvalue weighted by Crippen LogP contribution is 2.59. The maximum Gasteiger partial charge on any atom is 0.407 e. The zero-order valence-corrected chi connectivity index (χ0v) is 16.4. The van der Waals surface area contributed by atoms with Crippen molar-refractivity contribution in [3.05, 3.63) is 0 Å². The summed E-state index contributed by atoms with van der Waals surface area (Å²) in [5, 5.41) is 12.3. The maximum atomic E-state index is 12.5. The van der Waals surface area contributed by atoms with E-state index in [2.05, 4.69) is 12.2 Å². The van der Waals surface area contributed by atoms with Crippen molar-refractivity contribution >= 4 is 6.09 Å². The number of alkyl carbamates (subject to hydrolysis) is 1. The summed E-state index contributed by atoms with van der Waals surface area (Å²) in [6.07, 6.45) is 6.89. The molecule has 0 bridgehead atoms. The number of nitrogens with one attached hydrogen (secondary N) is 1. The zero-order chi connectivity index (χ0) is 19.1. The first-order chi connectivity index (χ1) is 13.0. The molecule has 0 aromatic carbocycles. The molecule has 4 fully saturated rings. The minimum Gasteiger partial charge on any atom is -0.443 e. The molecule has 7 nitrogen and oxygen atoms in total. The van der Waals surface area contributed by atoms with E-state index in [1.54, 1.807) is 7.11 Å². The summed E-state index contributed by atoms with van der Waals surface area (Å²) in [4.78, 5) is 12.5. The SMILES string of the molecule is COC1C(OC(=O)NC2CCCCC2)CCC2(CO2)C1C1(C)OC1CCO. The molecule has 2 aliphatic carbocycles. The molecule has 2 saturated carbocycles. The van der Waals surface area contributed by atoms with Crippen LogP contribution < -0.4 is 5.32 Å². The van der Waals surface area contributed by atoms with Crippen LogP contribution in [0.2, 0.25) is 0 Å². The summed E-state index contributed by atoms with van der Waals surface area (Å²) < 4.78 is 23.5. The van der Waals surface area contributed by atoms with Gasteiger partial charge in [0.15, 0.2) is 0 Å². The second kappa shape index (κ2) is 7.50. The summed E-state index contributed by atoms with van der Waals surface area (Å²) in [6, 6.07) is 0.225. The van der Waals surface area contributed by atoms with Crippen molar-refractivity contribution < 1.29 is 28.8 Å². The van der Waals surface area contributed by atoms with E-state index in [0.29, 0.717) is 13.0 Å². The molecule has 0 aromatic rings. The molecule has 2 saturated heterocycles. The second-order valence-electron chi connectivity index (χ2n) is 8.80. The normalized spacial score (nSPS) is 44.1. The molecule has 7 heteroatoms. The highest BCUT2D eigenvalue weighted by molar-refractivity contribution is 5.68. The van der Waals surface area contributed by atoms with Crippen molar-refractivity contribution in [2.24, 2.45) is 5.92 Å². The van der Waals surface area contributed by atoms with Gasteiger partial charge in [0.05, 0.1) is 18.6 Å². The van der Waals surface area contributed by atoms with Crippen LogP contribution in [0.4, 0.5) is 4.79 Å². The van der Waals surface area contributed by atoms with Crippen LogP contribution >= 0.6 is 0 Å². The molecular formula is C20H33NO6. The van der Waals surface area contributed by atoms with Gasteiger partial charge >= 0.3 is 6.09 Å². The molecule has 6 atom stereocenters. The third-order valence-electron chi connectivity index (χ3n) is 7.07. The van der Waals surface area contributed by atoms with E-state index < -0.39 is 5.60 Å². The van der Waals surface area contributed by atoms with Crippen molar-refractivity contribution in [1.82, 2.24) is 5.32 Å². The number of amides is 1. The smallest absolute Gasteiger partial charge is 0.407 e. The van der Waals surface area contributed by atoms with Crippen LogP contribution in [0.1, 0.15) is 58.3 Å². The van der Waals surface area contributed by atoms with E-state index in [-0.39, 0.29) is 48.6 Å². The summed E-state index contributed by atoms with van der Waals surface area (Å²) >= 11 is 0. The summed E-state index contributed by atoms with van der Waals surface area (Å²) in [6.45, 7) is 2.86. The second-order valence-corrected chi connectivity index (χ2v) is 8.80. The summed E-state index contributed by atoms with van der Waals surface area (Å²) in [5.41, 5.74) is -0.638. The van der Waals surface area contributed by atoms with Gasteiger partial charge in [-0.2, -0.15) is 0 Å². The Kier molecular flexibility index (Phi) is 5.40. The van der Waals surface area contributed by atoms with Gasteiger partial charge in [0.2, 0.25) is 0 Å². The number of methoxy groups -OCH3 is 1. The molecule has 1 spiro atoms. The molecule has 2 heterocycles. The third kappa shape index (κ3) is 3.71. The van der Waals surface area contributed by atoms with Crippen molar-refractivity contribution in [3.63, 3.8) is 0 Å². The number of ether oxygens (including phenoxy) is 4. The van der Waals surface area contributed by atoms with Crippen LogP contribution in [-0.4, -0.2) is 67.1 Å². The first-order valence-electron chi connectivity index (χ1n) is 10.4. The highest BCUT2D eigenvalue weighted by Gasteiger charge is 2.72. The van der Waals surface area contributed by atoms with Crippen LogP contribution in [0.5, 0.6) is 0 Å². The first-order valence-corrected chi connectivity index (χ1v) is 10.4. The van der Waals surface area contributed by atoms with Crippen molar-refractivity contribution in [1.29, 1.82) is 0 Å². The predicted molar refractivity (Wildman–Crippen MR) is 97.5 cm³/mol. The molecular weight excluding hydrogens is 350 g/mol. The Morgan fingerprint density at radius 2 is 2.00 bits per heavy atom. The Balaban J connectivity index is 1.42. The molecule has 0 aromatic heterocycles. The lowest BCUT2D eigenvalue weighted by Crippen LogP contribution is -2.56. The lowest BCUT2D eigenvalue weighted by atomic mass is 9.68. The van der Waals surface area contributed by atoms with Gasteiger partial charge < -0.3 is 29.4 Å². The zero-order valence-electron chi connectivity index (χ0n) is 16.4. The molecule has 0 radical (unpaired) electrons. The fourth-order valence-electron chi connectivity index (χ4n) is 5.49. The third-order valence-corrected chi connectivity index (χ3v) is 7.07. The Hall–Kier alpha value is -0.890. The average molecular weight is 383 g/mol. The van der Waals surface area contributed by atoms with Crippen LogP contribution in [0.25, 0.3) is 0 Å². The monoisotopic (exact) mass is 383 g/mol. The van der Waals surface area contributed by atoms with Gasteiger partial charge in [-0.05, 0) is 39.0 Å². The molecule has 154 valence electrons. The molecule has 27 heavy (non-hydrogen) atoms. The van der Waals surface area contributed by atoms with Gasteiger partial charge in [-0.25, -0.2) is 4.79 Å². The number of rotatable bonds is 6. The minimum absolute atomic E-state index is 0.000963. The van der Waals surface area contributed by atoms with Crippen molar-refractivity contribution in [3.8, 4) is 0 Å². The molecule has 2 N–H and O–H groups in total. The number of hydrogen-bond donors (Lipinski definition) is 2. The van der Waals surface area contributed by atoms with Gasteiger partial charge in [-0.1, -0.05) is 19.3 Å². The van der Waals surface area contributed by atoms with Gasteiger partial charge in [0.1, 0.15) is 23.4 Å². The first kappa shape index (κ1) is 19.4. The van der Waals surface area contributed by atoms with E-state index >= 15 is 0 Å². The molecule has 4 rings (SSSR count). The number of hydrogen-bond acceptors (Lipinski definition) is 6. The van der Waals surface area contributed by atoms with Gasteiger partial charge in [0.25, 0.3) is 0 Å². The minimum atomic E-state index is -0.401. The van der Waals surface area contributed by atoms with E-state index in [0.717, 1.165) is 25.7 Å². The topological polar surface area (TPSA) is 92.9 Å². The average Bonchev–Trinajstić information content (AvgIpc) is 3.56. The van der Waals surface area contributed by atoms with E-state index in [1.807, 2.05) is 0 Å². The standard InChI is InChI=1S/C20H33NO6/c1-19(15(27-19)9-11-22)17-16(24-2)14(8-10-20(17)12-25-20)26-18(23)21-13-6-4-3-5-7-13/h13-17,22H,3-12H2,1-2H3,(H,21,23). The molecule has 6 unspecified atom stereocenters. The van der Waals surface area contributed by atoms with Crippen LogP contribution in [-0.2, 0) is 18.9 Å². The number of carbonyl (C=O) groups is 1. The van der Waals surface area contributed by atoms with E-state index in [4.69, 9.17) is 18.9 Å². The van der Waals surface area contributed by atoms with Crippen LogP contribution in [0, 0.1) is 5.92 Å². The molecule has 1 amide bonds. The van der Waals surface area contributed by atoms with E-state index in [1.165, 1.54) is 19.3 Å². The maximum absolute atomic E-state index is 12.5. The Bertz CT molecular complexity index is 547. The van der Waals surface area contributed by atoms with Crippen molar-refractivity contribution in [2.45, 2.75) is 93.8 Å². The number of carbonyl (C=O) groups excluding carboxylic acids is 1. The van der Waals surface area contributed by atoms with Crippen LogP contribution in [0.15, 0.2) is 0 Å². The largest absolute Gasteiger partial charge is 0.443 e. The summed E-state index contributed by atoms with van der Waals surface area (Å²) in [5.74, 6) is -0.00668. The Morgan fingerprint density at radius 1 is 1.26 bits per heavy atom. The fourth-order valence-corrected chi connectivity index (χ4v) is 5.49. The highest BCUT2D eigenvalue weighted by atomic mass is 16.6. The number of aliphatic hydroxyl groups is 1. The fraction of sp³-hybridized carbons (Fsp3) is 0.950. The van der Waals surface area contributed by atoms with Gasteiger partial charge in [-0.3, -0.25) is 0 Å². The number of aliphatic hydroxyl groups excluding tert-OH is 1. The predicted octanol–water partition coefficient (Wildman–Crippen LogP) is 2.15. The van der Waals surface area contributed by atoms with Gasteiger partial charge in [0, 0.05) is 19.8 Å². The summed E-state index contributed by atoms with van der Waals surface area (Å²) in [7, 11) is 1.67.